The summed E-state index contributed by atoms with van der Waals surface area (Å²) in [6.07, 6.45) is 0.681. The molecule has 16 heavy (non-hydrogen) atoms. The van der Waals surface area contributed by atoms with Crippen molar-refractivity contribution in [3.8, 4) is 0 Å². The van der Waals surface area contributed by atoms with Crippen molar-refractivity contribution in [1.29, 1.82) is 0 Å². The fourth-order valence-corrected chi connectivity index (χ4v) is 3.03. The quantitative estimate of drug-likeness (QED) is 0.760. The van der Waals surface area contributed by atoms with Gasteiger partial charge in [0.2, 0.25) is 0 Å². The number of nitrogens with zero attached hydrogens (tertiary/aromatic N) is 1. The van der Waals surface area contributed by atoms with Crippen LogP contribution < -0.4 is 4.72 Å². The maximum Gasteiger partial charge on any atom is 0.421 e. The number of ether oxygens (including phenoxy) is 1. The summed E-state index contributed by atoms with van der Waals surface area (Å²) in [7, 11) is -2.67. The van der Waals surface area contributed by atoms with Crippen molar-refractivity contribution in [3.63, 3.8) is 0 Å². The van der Waals surface area contributed by atoms with Gasteiger partial charge in [-0.25, -0.2) is 9.52 Å². The molecule has 0 aromatic heterocycles. The Morgan fingerprint density at radius 2 is 2.31 bits per heavy atom. The molecule has 0 aromatic carbocycles. The minimum absolute atomic E-state index is 0.143. The molecule has 0 spiro atoms. The van der Waals surface area contributed by atoms with Crippen LogP contribution in [0.2, 0.25) is 0 Å². The zero-order chi connectivity index (χ0) is 12.2. The molecule has 1 heterocycles. The maximum absolute atomic E-state index is 11.7. The number of nitrogens with one attached hydrogen (secondary N) is 1. The summed E-state index contributed by atoms with van der Waals surface area (Å²) in [4.78, 5) is 10.9. The molecule has 0 aliphatic carbocycles. The number of halogens is 1. The maximum atomic E-state index is 11.7. The van der Waals surface area contributed by atoms with Gasteiger partial charge < -0.3 is 4.74 Å². The Balaban J connectivity index is 2.64. The van der Waals surface area contributed by atoms with Gasteiger partial charge in [0.1, 0.15) is 0 Å². The molecule has 8 heteroatoms. The molecule has 0 aromatic rings. The number of alkyl halides is 1. The van der Waals surface area contributed by atoms with Crippen molar-refractivity contribution >= 4 is 27.9 Å². The van der Waals surface area contributed by atoms with Crippen LogP contribution in [0.15, 0.2) is 0 Å². The van der Waals surface area contributed by atoms with E-state index in [4.69, 9.17) is 11.6 Å². The molecule has 1 N–H and O–H groups in total. The third kappa shape index (κ3) is 3.50. The fourth-order valence-electron chi connectivity index (χ4n) is 1.58. The zero-order valence-electron chi connectivity index (χ0n) is 8.98. The normalized spacial score (nSPS) is 22.8. The average Bonchev–Trinajstić information content (AvgIpc) is 2.28. The number of methoxy groups -OCH3 is 1. The first-order chi connectivity index (χ1) is 7.49. The first kappa shape index (κ1) is 13.5. The Labute approximate surface area is 100 Å². The van der Waals surface area contributed by atoms with Crippen LogP contribution >= 0.6 is 11.6 Å². The molecule has 1 unspecified atom stereocenters. The van der Waals surface area contributed by atoms with Gasteiger partial charge in [-0.05, 0) is 18.8 Å². The van der Waals surface area contributed by atoms with E-state index in [1.165, 1.54) is 4.31 Å². The zero-order valence-corrected chi connectivity index (χ0v) is 10.6. The summed E-state index contributed by atoms with van der Waals surface area (Å²) in [5.41, 5.74) is 0. The highest BCUT2D eigenvalue weighted by Crippen LogP contribution is 2.19. The third-order valence-corrected chi connectivity index (χ3v) is 4.31. The highest BCUT2D eigenvalue weighted by Gasteiger charge is 2.29. The molecule has 1 fully saturated rings. The average molecular weight is 271 g/mol. The molecule has 94 valence electrons. The van der Waals surface area contributed by atoms with Crippen LogP contribution in [0, 0.1) is 5.92 Å². The van der Waals surface area contributed by atoms with Crippen molar-refractivity contribution in [1.82, 2.24) is 9.03 Å². The van der Waals surface area contributed by atoms with E-state index in [0.717, 1.165) is 20.0 Å². The van der Waals surface area contributed by atoms with Crippen LogP contribution in [0.25, 0.3) is 0 Å². The summed E-state index contributed by atoms with van der Waals surface area (Å²) < 4.78 is 30.7. The minimum Gasteiger partial charge on any atom is -0.452 e. The Kier molecular flexibility index (Phi) is 4.82. The molecule has 1 saturated heterocycles. The second-order valence-corrected chi connectivity index (χ2v) is 5.60. The van der Waals surface area contributed by atoms with E-state index in [-0.39, 0.29) is 5.92 Å². The van der Waals surface area contributed by atoms with Gasteiger partial charge in [-0.2, -0.15) is 12.7 Å². The van der Waals surface area contributed by atoms with Gasteiger partial charge in [-0.3, -0.25) is 0 Å². The topological polar surface area (TPSA) is 75.7 Å². The Bertz CT molecular complexity index is 346. The molecule has 6 nitrogen and oxygen atoms in total. The second-order valence-electron chi connectivity index (χ2n) is 3.62. The summed E-state index contributed by atoms with van der Waals surface area (Å²) in [6.45, 7) is 0.746. The predicted molar refractivity (Wildman–Crippen MR) is 59.5 cm³/mol. The Hall–Kier alpha value is -0.530. The van der Waals surface area contributed by atoms with E-state index in [0.29, 0.717) is 19.0 Å². The van der Waals surface area contributed by atoms with Crippen LogP contribution in [0.5, 0.6) is 0 Å². The first-order valence-corrected chi connectivity index (χ1v) is 6.89. The van der Waals surface area contributed by atoms with E-state index in [9.17, 15) is 13.2 Å². The standard InChI is InChI=1S/C8H15ClN2O4S/c1-15-8(12)10-16(13,14)11-4-2-3-7(5-9)6-11/h7H,2-6H2,1H3,(H,10,12). The smallest absolute Gasteiger partial charge is 0.421 e. The van der Waals surface area contributed by atoms with Crippen LogP contribution in [-0.4, -0.2) is 44.9 Å². The van der Waals surface area contributed by atoms with E-state index in [2.05, 4.69) is 4.74 Å². The molecule has 1 rings (SSSR count). The SMILES string of the molecule is COC(=O)NS(=O)(=O)N1CCCC(CCl)C1. The summed E-state index contributed by atoms with van der Waals surface area (Å²) in [5.74, 6) is 0.564. The molecular formula is C8H15ClN2O4S. The highest BCUT2D eigenvalue weighted by molar-refractivity contribution is 7.87. The lowest BCUT2D eigenvalue weighted by atomic mass is 10.0. The van der Waals surface area contributed by atoms with Crippen molar-refractivity contribution in [3.05, 3.63) is 0 Å². The summed E-state index contributed by atoms with van der Waals surface area (Å²) in [6, 6.07) is 0. The van der Waals surface area contributed by atoms with Gasteiger partial charge >= 0.3 is 16.3 Å². The lowest BCUT2D eigenvalue weighted by Crippen LogP contribution is -2.48. The molecule has 0 saturated carbocycles. The molecule has 0 radical (unpaired) electrons. The Morgan fingerprint density at radius 1 is 1.62 bits per heavy atom. The van der Waals surface area contributed by atoms with Gasteiger partial charge in [0.05, 0.1) is 7.11 Å². The largest absolute Gasteiger partial charge is 0.452 e. The van der Waals surface area contributed by atoms with Gasteiger partial charge in [0.25, 0.3) is 0 Å². The number of hydrogen-bond donors (Lipinski definition) is 1. The predicted octanol–water partition coefficient (Wildman–Crippen LogP) is 0.538. The van der Waals surface area contributed by atoms with Crippen LogP contribution in [0.4, 0.5) is 4.79 Å². The molecule has 1 amide bonds. The van der Waals surface area contributed by atoms with Gasteiger partial charge in [0, 0.05) is 19.0 Å². The lowest BCUT2D eigenvalue weighted by molar-refractivity contribution is 0.176. The first-order valence-electron chi connectivity index (χ1n) is 4.91. The van der Waals surface area contributed by atoms with Crippen molar-refractivity contribution in [2.24, 2.45) is 5.92 Å². The van der Waals surface area contributed by atoms with E-state index in [1.54, 1.807) is 0 Å². The van der Waals surface area contributed by atoms with Crippen LogP contribution in [0.3, 0.4) is 0 Å². The number of rotatable bonds is 3. The van der Waals surface area contributed by atoms with Gasteiger partial charge in [-0.15, -0.1) is 11.6 Å². The molecule has 1 aliphatic heterocycles. The molecule has 1 atom stereocenters. The summed E-state index contributed by atoms with van der Waals surface area (Å²) in [5, 5.41) is 0. The van der Waals surface area contributed by atoms with E-state index >= 15 is 0 Å². The van der Waals surface area contributed by atoms with Crippen LogP contribution in [-0.2, 0) is 14.9 Å². The van der Waals surface area contributed by atoms with Crippen LogP contribution in [0.1, 0.15) is 12.8 Å². The van der Waals surface area contributed by atoms with E-state index < -0.39 is 16.3 Å². The van der Waals surface area contributed by atoms with Gasteiger partial charge in [0.15, 0.2) is 0 Å². The van der Waals surface area contributed by atoms with Crippen molar-refractivity contribution < 1.29 is 17.9 Å². The number of carbonyl (C=O) groups is 1. The number of carbonyl (C=O) groups excluding carboxylic acids is 1. The third-order valence-electron chi connectivity index (χ3n) is 2.44. The minimum atomic E-state index is -3.79. The fraction of sp³-hybridized carbons (Fsp3) is 0.875. The highest BCUT2D eigenvalue weighted by atomic mass is 35.5. The number of amides is 1. The lowest BCUT2D eigenvalue weighted by Gasteiger charge is -2.30. The second kappa shape index (κ2) is 5.70. The molecule has 0 bridgehead atoms. The van der Waals surface area contributed by atoms with Crippen molar-refractivity contribution in [2.75, 3.05) is 26.1 Å². The monoisotopic (exact) mass is 270 g/mol. The molecule has 1 aliphatic rings. The summed E-state index contributed by atoms with van der Waals surface area (Å²) >= 11 is 5.70. The van der Waals surface area contributed by atoms with Crippen molar-refractivity contribution in [2.45, 2.75) is 12.8 Å². The number of piperidine rings is 1. The number of hydrogen-bond acceptors (Lipinski definition) is 4. The molecular weight excluding hydrogens is 256 g/mol. The van der Waals surface area contributed by atoms with E-state index in [1.807, 2.05) is 4.72 Å². The van der Waals surface area contributed by atoms with Gasteiger partial charge in [-0.1, -0.05) is 0 Å². The Morgan fingerprint density at radius 3 is 2.88 bits per heavy atom.